The molecule has 1 heterocycles. The molecule has 3 unspecified atom stereocenters. The van der Waals surface area contributed by atoms with Crippen LogP contribution in [0.4, 0.5) is 0 Å². The Hall–Kier alpha value is -0.800. The van der Waals surface area contributed by atoms with Crippen LogP contribution in [0.1, 0.15) is 64.0 Å². The van der Waals surface area contributed by atoms with Gasteiger partial charge in [0.15, 0.2) is 0 Å². The van der Waals surface area contributed by atoms with Crippen LogP contribution < -0.4 is 5.73 Å². The zero-order valence-corrected chi connectivity index (χ0v) is 12.9. The summed E-state index contributed by atoms with van der Waals surface area (Å²) in [6.07, 6.45) is 2.35. The van der Waals surface area contributed by atoms with E-state index in [1.807, 2.05) is 0 Å². The molecule has 2 N–H and O–H groups in total. The highest BCUT2D eigenvalue weighted by Gasteiger charge is 2.37. The molecule has 3 atom stereocenters. The number of hydrogen-bond donors (Lipinski definition) is 1. The average Bonchev–Trinajstić information content (AvgIpc) is 2.91. The van der Waals surface area contributed by atoms with Crippen LogP contribution in [0.15, 0.2) is 16.5 Å². The van der Waals surface area contributed by atoms with Crippen molar-refractivity contribution in [2.75, 3.05) is 13.6 Å². The van der Waals surface area contributed by atoms with Gasteiger partial charge in [-0.05, 0) is 51.8 Å². The molecule has 0 bridgehead atoms. The molecule has 3 heteroatoms. The normalized spacial score (nSPS) is 24.8. The molecule has 0 aromatic carbocycles. The van der Waals surface area contributed by atoms with Gasteiger partial charge in [0.05, 0.1) is 6.04 Å². The summed E-state index contributed by atoms with van der Waals surface area (Å²) >= 11 is 0. The summed E-state index contributed by atoms with van der Waals surface area (Å²) < 4.78 is 6.07. The molecule has 108 valence electrons. The minimum absolute atomic E-state index is 0.129. The van der Waals surface area contributed by atoms with Gasteiger partial charge in [-0.15, -0.1) is 0 Å². The number of nitrogens with two attached hydrogens (primary N) is 1. The first-order valence-electron chi connectivity index (χ1n) is 7.43. The molecule has 1 fully saturated rings. The zero-order valence-electron chi connectivity index (χ0n) is 12.9. The molecule has 3 nitrogen and oxygen atoms in total. The number of likely N-dealkylation sites (N-methyl/N-ethyl adjacent to an activating group) is 1. The summed E-state index contributed by atoms with van der Waals surface area (Å²) in [6, 6.07) is 4.41. The molecule has 19 heavy (non-hydrogen) atoms. The van der Waals surface area contributed by atoms with E-state index in [4.69, 9.17) is 10.2 Å². The van der Waals surface area contributed by atoms with Gasteiger partial charge in [0.1, 0.15) is 11.5 Å². The number of furan rings is 1. The predicted octanol–water partition coefficient (Wildman–Crippen LogP) is 3.52. The fraction of sp³-hybridized carbons (Fsp3) is 0.750. The second kappa shape index (κ2) is 5.29. The average molecular weight is 264 g/mol. The Kier molecular flexibility index (Phi) is 4.07. The fourth-order valence-electron chi connectivity index (χ4n) is 2.60. The lowest BCUT2D eigenvalue weighted by molar-refractivity contribution is 0.0876. The van der Waals surface area contributed by atoms with Crippen LogP contribution in [0.5, 0.6) is 0 Å². The van der Waals surface area contributed by atoms with Crippen molar-refractivity contribution in [1.82, 2.24) is 4.90 Å². The maximum Gasteiger partial charge on any atom is 0.122 e. The van der Waals surface area contributed by atoms with E-state index in [-0.39, 0.29) is 11.6 Å². The third-order valence-corrected chi connectivity index (χ3v) is 4.96. The van der Waals surface area contributed by atoms with E-state index in [2.05, 4.69) is 51.8 Å². The topological polar surface area (TPSA) is 42.4 Å². The summed E-state index contributed by atoms with van der Waals surface area (Å²) in [7, 11) is 2.14. The van der Waals surface area contributed by atoms with Crippen molar-refractivity contribution in [3.63, 3.8) is 0 Å². The molecule has 2 rings (SSSR count). The number of nitrogens with zero attached hydrogens (tertiary/aromatic N) is 1. The Morgan fingerprint density at radius 2 is 2.11 bits per heavy atom. The summed E-state index contributed by atoms with van der Waals surface area (Å²) in [5.74, 6) is 3.57. The molecule has 0 saturated heterocycles. The highest BCUT2D eigenvalue weighted by Crippen LogP contribution is 2.47. The third kappa shape index (κ3) is 2.87. The van der Waals surface area contributed by atoms with Gasteiger partial charge in [0.2, 0.25) is 0 Å². The second-order valence-electron chi connectivity index (χ2n) is 6.59. The molecule has 1 aliphatic carbocycles. The largest absolute Gasteiger partial charge is 0.464 e. The Labute approximate surface area is 117 Å². The van der Waals surface area contributed by atoms with Crippen LogP contribution in [-0.4, -0.2) is 24.0 Å². The van der Waals surface area contributed by atoms with Crippen molar-refractivity contribution in [2.24, 2.45) is 11.7 Å². The van der Waals surface area contributed by atoms with Crippen LogP contribution in [-0.2, 0) is 0 Å². The smallest absolute Gasteiger partial charge is 0.122 e. The van der Waals surface area contributed by atoms with Gasteiger partial charge >= 0.3 is 0 Å². The zero-order chi connectivity index (χ0) is 14.2. The SMILES string of the molecule is CCC(C)(C)N(C)C(CN)c1ccc(C2CC2C)o1. The van der Waals surface area contributed by atoms with Crippen LogP contribution in [0.25, 0.3) is 0 Å². The molecule has 1 aromatic rings. The standard InChI is InChI=1S/C16H28N2O/c1-6-16(3,4)18(5)13(10-17)15-8-7-14(19-15)12-9-11(12)2/h7-8,11-13H,6,9-10,17H2,1-5H3. The molecule has 1 saturated carbocycles. The van der Waals surface area contributed by atoms with Crippen LogP contribution >= 0.6 is 0 Å². The summed E-state index contributed by atoms with van der Waals surface area (Å²) in [5, 5.41) is 0. The Morgan fingerprint density at radius 1 is 1.47 bits per heavy atom. The van der Waals surface area contributed by atoms with Crippen LogP contribution in [0.3, 0.4) is 0 Å². The van der Waals surface area contributed by atoms with Crippen molar-refractivity contribution in [3.8, 4) is 0 Å². The summed E-state index contributed by atoms with van der Waals surface area (Å²) in [4.78, 5) is 2.34. The van der Waals surface area contributed by atoms with Gasteiger partial charge in [0, 0.05) is 18.0 Å². The first-order valence-corrected chi connectivity index (χ1v) is 7.43. The highest BCUT2D eigenvalue weighted by molar-refractivity contribution is 5.19. The van der Waals surface area contributed by atoms with Gasteiger partial charge in [0.25, 0.3) is 0 Å². The third-order valence-electron chi connectivity index (χ3n) is 4.96. The molecule has 0 aliphatic heterocycles. The van der Waals surface area contributed by atoms with E-state index in [0.717, 1.165) is 23.9 Å². The Balaban J connectivity index is 2.15. The van der Waals surface area contributed by atoms with Crippen molar-refractivity contribution in [2.45, 2.75) is 58.0 Å². The van der Waals surface area contributed by atoms with Crippen molar-refractivity contribution in [3.05, 3.63) is 23.7 Å². The predicted molar refractivity (Wildman–Crippen MR) is 79.2 cm³/mol. The van der Waals surface area contributed by atoms with E-state index in [1.165, 1.54) is 6.42 Å². The van der Waals surface area contributed by atoms with Gasteiger partial charge in [-0.1, -0.05) is 13.8 Å². The number of rotatable bonds is 6. The van der Waals surface area contributed by atoms with E-state index in [0.29, 0.717) is 12.5 Å². The first-order chi connectivity index (χ1) is 8.90. The lowest BCUT2D eigenvalue weighted by Crippen LogP contribution is -2.45. The molecular formula is C16H28N2O. The summed E-state index contributed by atoms with van der Waals surface area (Å²) in [5.41, 5.74) is 6.11. The van der Waals surface area contributed by atoms with E-state index >= 15 is 0 Å². The van der Waals surface area contributed by atoms with Gasteiger partial charge < -0.3 is 10.2 Å². The first kappa shape index (κ1) is 14.6. The molecular weight excluding hydrogens is 236 g/mol. The van der Waals surface area contributed by atoms with Crippen molar-refractivity contribution >= 4 is 0 Å². The van der Waals surface area contributed by atoms with E-state index in [1.54, 1.807) is 0 Å². The van der Waals surface area contributed by atoms with Crippen molar-refractivity contribution in [1.29, 1.82) is 0 Å². The summed E-state index contributed by atoms with van der Waals surface area (Å²) in [6.45, 7) is 9.58. The minimum atomic E-state index is 0.129. The highest BCUT2D eigenvalue weighted by atomic mass is 16.3. The second-order valence-corrected chi connectivity index (χ2v) is 6.59. The maximum absolute atomic E-state index is 6.07. The lowest BCUT2D eigenvalue weighted by atomic mass is 9.97. The minimum Gasteiger partial charge on any atom is -0.464 e. The van der Waals surface area contributed by atoms with Gasteiger partial charge in [-0.2, -0.15) is 0 Å². The molecule has 0 radical (unpaired) electrons. The molecule has 0 spiro atoms. The van der Waals surface area contributed by atoms with E-state index < -0.39 is 0 Å². The van der Waals surface area contributed by atoms with Gasteiger partial charge in [-0.3, -0.25) is 4.90 Å². The fourth-order valence-corrected chi connectivity index (χ4v) is 2.60. The maximum atomic E-state index is 6.07. The van der Waals surface area contributed by atoms with E-state index in [9.17, 15) is 0 Å². The molecule has 1 aliphatic rings. The lowest BCUT2D eigenvalue weighted by Gasteiger charge is -2.39. The quantitative estimate of drug-likeness (QED) is 0.854. The van der Waals surface area contributed by atoms with Crippen LogP contribution in [0, 0.1) is 5.92 Å². The number of hydrogen-bond acceptors (Lipinski definition) is 3. The molecule has 1 aromatic heterocycles. The Morgan fingerprint density at radius 3 is 2.58 bits per heavy atom. The Bertz CT molecular complexity index is 424. The van der Waals surface area contributed by atoms with Crippen LogP contribution in [0.2, 0.25) is 0 Å². The molecule has 0 amide bonds. The van der Waals surface area contributed by atoms with Crippen molar-refractivity contribution < 1.29 is 4.42 Å². The van der Waals surface area contributed by atoms with Gasteiger partial charge in [-0.25, -0.2) is 0 Å². The monoisotopic (exact) mass is 264 g/mol.